The minimum Gasteiger partial charge on any atom is -0.320 e. The fourth-order valence-corrected chi connectivity index (χ4v) is 4.20. The molecule has 1 atom stereocenters. The van der Waals surface area contributed by atoms with E-state index in [4.69, 9.17) is 5.73 Å². The first kappa shape index (κ1) is 13.2. The second kappa shape index (κ2) is 5.32. The number of pyridine rings is 1. The number of benzene rings is 1. The quantitative estimate of drug-likeness (QED) is 0.669. The molecule has 0 bridgehead atoms. The van der Waals surface area contributed by atoms with Crippen LogP contribution in [0.3, 0.4) is 0 Å². The number of aromatic nitrogens is 1. The van der Waals surface area contributed by atoms with Crippen LogP contribution >= 0.6 is 43.2 Å². The molecule has 0 spiro atoms. The summed E-state index contributed by atoms with van der Waals surface area (Å²) >= 11 is 8.67. The minimum atomic E-state index is -0.126. The highest BCUT2D eigenvalue weighted by molar-refractivity contribution is 9.13. The zero-order valence-electron chi connectivity index (χ0n) is 9.81. The number of fused-ring (bicyclic) bond motifs is 1. The van der Waals surface area contributed by atoms with E-state index in [9.17, 15) is 0 Å². The summed E-state index contributed by atoms with van der Waals surface area (Å²) < 4.78 is 2.12. The van der Waals surface area contributed by atoms with Crippen molar-refractivity contribution in [3.05, 3.63) is 61.4 Å². The van der Waals surface area contributed by atoms with Crippen molar-refractivity contribution >= 4 is 54.0 Å². The Bertz CT molecular complexity index is 714. The molecule has 2 aromatic heterocycles. The molecule has 5 heteroatoms. The molecule has 2 N–H and O–H groups in total. The van der Waals surface area contributed by atoms with E-state index >= 15 is 0 Å². The van der Waals surface area contributed by atoms with E-state index in [2.05, 4.69) is 55.0 Å². The number of halogens is 2. The molecule has 0 aliphatic heterocycles. The largest absolute Gasteiger partial charge is 0.320 e. The summed E-state index contributed by atoms with van der Waals surface area (Å²) in [4.78, 5) is 5.28. The number of nitrogens with two attached hydrogens (primary N) is 1. The molecule has 0 radical (unpaired) electrons. The Hall–Kier alpha value is -0.750. The zero-order chi connectivity index (χ0) is 13.4. The fourth-order valence-electron chi connectivity index (χ4n) is 2.09. The Morgan fingerprint density at radius 1 is 1.21 bits per heavy atom. The summed E-state index contributed by atoms with van der Waals surface area (Å²) in [6.07, 6.45) is 3.67. The number of thiophene rings is 1. The number of hydrogen-bond donors (Lipinski definition) is 1. The lowest BCUT2D eigenvalue weighted by atomic mass is 10.00. The molecule has 1 aromatic carbocycles. The third-order valence-electron chi connectivity index (χ3n) is 3.02. The SMILES string of the molecule is NC(c1cc(Br)c(Br)s1)c1cccc2cnccc12. The lowest BCUT2D eigenvalue weighted by Gasteiger charge is -2.12. The lowest BCUT2D eigenvalue weighted by Crippen LogP contribution is -2.10. The standard InChI is InChI=1S/C14H10Br2N2S/c15-11-6-12(19-14(11)16)13(17)10-3-1-2-8-7-18-5-4-9(8)10/h1-7,13H,17H2. The van der Waals surface area contributed by atoms with Gasteiger partial charge >= 0.3 is 0 Å². The van der Waals surface area contributed by atoms with E-state index in [0.29, 0.717) is 0 Å². The molecule has 0 saturated heterocycles. The molecule has 0 amide bonds. The maximum Gasteiger partial charge on any atom is 0.0843 e. The summed E-state index contributed by atoms with van der Waals surface area (Å²) in [7, 11) is 0. The monoisotopic (exact) mass is 396 g/mol. The van der Waals surface area contributed by atoms with Gasteiger partial charge in [0.1, 0.15) is 0 Å². The van der Waals surface area contributed by atoms with Crippen LogP contribution in [0.1, 0.15) is 16.5 Å². The summed E-state index contributed by atoms with van der Waals surface area (Å²) in [6, 6.07) is 10.1. The minimum absolute atomic E-state index is 0.126. The van der Waals surface area contributed by atoms with Crippen LogP contribution in [0.15, 0.2) is 51.0 Å². The first-order valence-corrected chi connectivity index (χ1v) is 8.10. The second-order valence-corrected chi connectivity index (χ2v) is 7.45. The van der Waals surface area contributed by atoms with Gasteiger partial charge in [-0.05, 0) is 54.9 Å². The van der Waals surface area contributed by atoms with Crippen LogP contribution in [0.4, 0.5) is 0 Å². The van der Waals surface area contributed by atoms with Crippen molar-refractivity contribution in [2.75, 3.05) is 0 Å². The van der Waals surface area contributed by atoms with Crippen molar-refractivity contribution in [2.45, 2.75) is 6.04 Å². The van der Waals surface area contributed by atoms with Gasteiger partial charge in [-0.25, -0.2) is 0 Å². The lowest BCUT2D eigenvalue weighted by molar-refractivity contribution is 0.903. The molecule has 3 rings (SSSR count). The van der Waals surface area contributed by atoms with E-state index in [1.807, 2.05) is 18.3 Å². The van der Waals surface area contributed by atoms with Gasteiger partial charge in [0.25, 0.3) is 0 Å². The van der Waals surface area contributed by atoms with Gasteiger partial charge in [-0.1, -0.05) is 18.2 Å². The van der Waals surface area contributed by atoms with Crippen molar-refractivity contribution in [1.82, 2.24) is 4.98 Å². The molecule has 0 aliphatic carbocycles. The number of hydrogen-bond acceptors (Lipinski definition) is 3. The highest BCUT2D eigenvalue weighted by Crippen LogP contribution is 2.37. The van der Waals surface area contributed by atoms with Crippen LogP contribution < -0.4 is 5.73 Å². The Morgan fingerprint density at radius 3 is 2.79 bits per heavy atom. The van der Waals surface area contributed by atoms with Crippen LogP contribution in [-0.2, 0) is 0 Å². The molecule has 2 heterocycles. The fraction of sp³-hybridized carbons (Fsp3) is 0.0714. The van der Waals surface area contributed by atoms with Gasteiger partial charge in [0.05, 0.1) is 9.83 Å². The highest BCUT2D eigenvalue weighted by Gasteiger charge is 2.15. The third-order valence-corrected chi connectivity index (χ3v) is 6.36. The molecule has 0 saturated carbocycles. The molecule has 0 aliphatic rings. The van der Waals surface area contributed by atoms with Gasteiger partial charge in [-0.15, -0.1) is 11.3 Å². The van der Waals surface area contributed by atoms with Gasteiger partial charge in [0, 0.05) is 27.1 Å². The average Bonchev–Trinajstić information content (AvgIpc) is 2.77. The smallest absolute Gasteiger partial charge is 0.0843 e. The normalized spacial score (nSPS) is 12.8. The molecular weight excluding hydrogens is 388 g/mol. The summed E-state index contributed by atoms with van der Waals surface area (Å²) in [5, 5.41) is 2.27. The van der Waals surface area contributed by atoms with Crippen LogP contribution in [0.2, 0.25) is 0 Å². The topological polar surface area (TPSA) is 38.9 Å². The van der Waals surface area contributed by atoms with Gasteiger partial charge < -0.3 is 5.73 Å². The van der Waals surface area contributed by atoms with E-state index in [-0.39, 0.29) is 6.04 Å². The number of rotatable bonds is 2. The van der Waals surface area contributed by atoms with Crippen molar-refractivity contribution < 1.29 is 0 Å². The van der Waals surface area contributed by atoms with Crippen molar-refractivity contribution in [1.29, 1.82) is 0 Å². The van der Waals surface area contributed by atoms with Gasteiger partial charge in [-0.2, -0.15) is 0 Å². The number of nitrogens with zero attached hydrogens (tertiary/aromatic N) is 1. The zero-order valence-corrected chi connectivity index (χ0v) is 13.8. The van der Waals surface area contributed by atoms with Gasteiger partial charge in [0.15, 0.2) is 0 Å². The van der Waals surface area contributed by atoms with Crippen molar-refractivity contribution in [3.63, 3.8) is 0 Å². The maximum absolute atomic E-state index is 6.41. The summed E-state index contributed by atoms with van der Waals surface area (Å²) in [5.74, 6) is 0. The Morgan fingerprint density at radius 2 is 2.05 bits per heavy atom. The predicted octanol–water partition coefficient (Wildman–Crippen LogP) is 4.87. The predicted molar refractivity (Wildman–Crippen MR) is 87.5 cm³/mol. The first-order valence-electron chi connectivity index (χ1n) is 5.70. The Balaban J connectivity index is 2.13. The molecular formula is C14H10Br2N2S. The Kier molecular flexibility index (Phi) is 3.71. The van der Waals surface area contributed by atoms with Gasteiger partial charge in [-0.3, -0.25) is 4.98 Å². The van der Waals surface area contributed by atoms with Crippen LogP contribution in [0, 0.1) is 0 Å². The van der Waals surface area contributed by atoms with Crippen molar-refractivity contribution in [3.8, 4) is 0 Å². The van der Waals surface area contributed by atoms with Gasteiger partial charge in [0.2, 0.25) is 0 Å². The van der Waals surface area contributed by atoms with E-state index < -0.39 is 0 Å². The maximum atomic E-state index is 6.41. The van der Waals surface area contributed by atoms with E-state index in [0.717, 1.165) is 29.5 Å². The second-order valence-electron chi connectivity index (χ2n) is 4.19. The van der Waals surface area contributed by atoms with E-state index in [1.165, 1.54) is 0 Å². The Labute approximate surface area is 131 Å². The highest BCUT2D eigenvalue weighted by atomic mass is 79.9. The molecule has 2 nitrogen and oxygen atoms in total. The van der Waals surface area contributed by atoms with Crippen molar-refractivity contribution in [2.24, 2.45) is 5.73 Å². The molecule has 3 aromatic rings. The third kappa shape index (κ3) is 2.48. The molecule has 1 unspecified atom stereocenters. The molecule has 19 heavy (non-hydrogen) atoms. The van der Waals surface area contributed by atoms with Crippen LogP contribution in [-0.4, -0.2) is 4.98 Å². The molecule has 0 fully saturated rings. The van der Waals surface area contributed by atoms with E-state index in [1.54, 1.807) is 17.5 Å². The molecule has 96 valence electrons. The summed E-state index contributed by atoms with van der Waals surface area (Å²) in [5.41, 5.74) is 7.54. The average molecular weight is 398 g/mol. The summed E-state index contributed by atoms with van der Waals surface area (Å²) in [6.45, 7) is 0. The van der Waals surface area contributed by atoms with Crippen LogP contribution in [0.5, 0.6) is 0 Å². The first-order chi connectivity index (χ1) is 9.16. The van der Waals surface area contributed by atoms with Crippen LogP contribution in [0.25, 0.3) is 10.8 Å².